The number of piperidine rings is 1. The second-order valence-electron chi connectivity index (χ2n) is 5.54. The highest BCUT2D eigenvalue weighted by Gasteiger charge is 2.26. The fourth-order valence-electron chi connectivity index (χ4n) is 2.98. The summed E-state index contributed by atoms with van der Waals surface area (Å²) in [6.07, 6.45) is 4.05. The molecule has 2 rings (SSSR count). The topological polar surface area (TPSA) is 15.3 Å². The van der Waals surface area contributed by atoms with Crippen LogP contribution in [0.2, 0.25) is 0 Å². The van der Waals surface area contributed by atoms with Gasteiger partial charge in [-0.15, -0.1) is 0 Å². The van der Waals surface area contributed by atoms with Crippen LogP contribution in [0.25, 0.3) is 0 Å². The Balaban J connectivity index is 2.08. The largest absolute Gasteiger partial charge is 0.316 e. The Labute approximate surface area is 111 Å². The van der Waals surface area contributed by atoms with Crippen LogP contribution in [0.4, 0.5) is 0 Å². The van der Waals surface area contributed by atoms with Gasteiger partial charge in [0.2, 0.25) is 0 Å². The van der Waals surface area contributed by atoms with Crippen molar-refractivity contribution >= 4 is 0 Å². The van der Waals surface area contributed by atoms with Gasteiger partial charge in [-0.25, -0.2) is 0 Å². The van der Waals surface area contributed by atoms with Crippen molar-refractivity contribution < 1.29 is 0 Å². The molecule has 1 heterocycles. The molecule has 1 aromatic carbocycles. The van der Waals surface area contributed by atoms with Gasteiger partial charge in [0, 0.05) is 18.6 Å². The number of likely N-dealkylation sites (N-methyl/N-ethyl adjacent to an activating group) is 1. The minimum Gasteiger partial charge on any atom is -0.316 e. The summed E-state index contributed by atoms with van der Waals surface area (Å²) in [5.74, 6) is 0. The lowest BCUT2D eigenvalue weighted by atomic mass is 9.95. The molecule has 2 nitrogen and oxygen atoms in total. The average Bonchev–Trinajstić information content (AvgIpc) is 2.41. The summed E-state index contributed by atoms with van der Waals surface area (Å²) >= 11 is 0. The highest BCUT2D eigenvalue weighted by Crippen LogP contribution is 2.22. The van der Waals surface area contributed by atoms with E-state index in [9.17, 15) is 0 Å². The van der Waals surface area contributed by atoms with Crippen molar-refractivity contribution in [3.63, 3.8) is 0 Å². The van der Waals surface area contributed by atoms with Crippen LogP contribution in [0, 0.1) is 6.92 Å². The Morgan fingerprint density at radius 3 is 2.83 bits per heavy atom. The Kier molecular flexibility index (Phi) is 4.79. The Morgan fingerprint density at radius 1 is 1.33 bits per heavy atom. The highest BCUT2D eigenvalue weighted by atomic mass is 15.2. The van der Waals surface area contributed by atoms with Gasteiger partial charge in [-0.2, -0.15) is 0 Å². The van der Waals surface area contributed by atoms with Gasteiger partial charge in [0.25, 0.3) is 0 Å². The molecule has 0 radical (unpaired) electrons. The number of likely N-dealkylation sites (tertiary alicyclic amines) is 1. The minimum atomic E-state index is 0.578. The van der Waals surface area contributed by atoms with Gasteiger partial charge in [0.1, 0.15) is 0 Å². The number of nitrogens with one attached hydrogen (secondary N) is 1. The first-order chi connectivity index (χ1) is 8.72. The van der Waals surface area contributed by atoms with E-state index < -0.39 is 0 Å². The van der Waals surface area contributed by atoms with Gasteiger partial charge in [0.05, 0.1) is 0 Å². The van der Waals surface area contributed by atoms with Crippen molar-refractivity contribution in [1.29, 1.82) is 0 Å². The van der Waals surface area contributed by atoms with Crippen molar-refractivity contribution in [3.05, 3.63) is 35.4 Å². The first kappa shape index (κ1) is 13.6. The third-order valence-corrected chi connectivity index (χ3v) is 4.33. The van der Waals surface area contributed by atoms with Crippen molar-refractivity contribution in [3.8, 4) is 0 Å². The van der Waals surface area contributed by atoms with E-state index in [2.05, 4.69) is 55.4 Å². The lowest BCUT2D eigenvalue weighted by Crippen LogP contribution is -2.49. The van der Waals surface area contributed by atoms with Crippen molar-refractivity contribution in [2.75, 3.05) is 13.6 Å². The molecule has 0 aliphatic carbocycles. The molecule has 2 heteroatoms. The summed E-state index contributed by atoms with van der Waals surface area (Å²) in [7, 11) is 2.07. The number of benzene rings is 1. The molecular weight excluding hydrogens is 220 g/mol. The maximum Gasteiger partial charge on any atom is 0.0250 e. The van der Waals surface area contributed by atoms with Crippen LogP contribution in [0.3, 0.4) is 0 Å². The molecule has 1 saturated heterocycles. The monoisotopic (exact) mass is 246 g/mol. The van der Waals surface area contributed by atoms with Gasteiger partial charge < -0.3 is 5.32 Å². The van der Waals surface area contributed by atoms with E-state index >= 15 is 0 Å². The summed E-state index contributed by atoms with van der Waals surface area (Å²) in [5.41, 5.74) is 2.90. The molecule has 1 aliphatic heterocycles. The molecule has 0 bridgehead atoms. The van der Waals surface area contributed by atoms with Crippen LogP contribution in [0.5, 0.6) is 0 Å². The average molecular weight is 246 g/mol. The fourth-order valence-corrected chi connectivity index (χ4v) is 2.98. The van der Waals surface area contributed by atoms with Gasteiger partial charge in [-0.3, -0.25) is 4.90 Å². The lowest BCUT2D eigenvalue weighted by Gasteiger charge is -2.39. The van der Waals surface area contributed by atoms with Crippen LogP contribution in [-0.4, -0.2) is 30.6 Å². The molecule has 1 aromatic rings. The van der Waals surface area contributed by atoms with Crippen LogP contribution < -0.4 is 5.32 Å². The van der Waals surface area contributed by atoms with Crippen LogP contribution in [0.15, 0.2) is 24.3 Å². The number of hydrogen-bond donors (Lipinski definition) is 1. The summed E-state index contributed by atoms with van der Waals surface area (Å²) in [5, 5.41) is 3.42. The highest BCUT2D eigenvalue weighted by molar-refractivity contribution is 5.25. The maximum absolute atomic E-state index is 3.42. The molecule has 1 N–H and O–H groups in total. The Morgan fingerprint density at radius 2 is 2.11 bits per heavy atom. The van der Waals surface area contributed by atoms with Crippen LogP contribution in [-0.2, 0) is 6.54 Å². The van der Waals surface area contributed by atoms with Gasteiger partial charge >= 0.3 is 0 Å². The predicted molar refractivity (Wildman–Crippen MR) is 77.7 cm³/mol. The lowest BCUT2D eigenvalue weighted by molar-refractivity contribution is 0.114. The fraction of sp³-hybridized carbons (Fsp3) is 0.625. The zero-order valence-electron chi connectivity index (χ0n) is 11.9. The second-order valence-corrected chi connectivity index (χ2v) is 5.54. The summed E-state index contributed by atoms with van der Waals surface area (Å²) in [6, 6.07) is 10.0. The number of aryl methyl sites for hydroxylation is 1. The second kappa shape index (κ2) is 6.35. The maximum atomic E-state index is 3.42. The first-order valence-electron chi connectivity index (χ1n) is 7.18. The number of rotatable bonds is 4. The first-order valence-corrected chi connectivity index (χ1v) is 7.18. The molecule has 0 spiro atoms. The van der Waals surface area contributed by atoms with Crippen LogP contribution in [0.1, 0.15) is 37.3 Å². The molecule has 2 unspecified atom stereocenters. The molecule has 100 valence electrons. The molecule has 2 atom stereocenters. The quantitative estimate of drug-likeness (QED) is 0.878. The number of hydrogen-bond acceptors (Lipinski definition) is 2. The molecule has 0 amide bonds. The summed E-state index contributed by atoms with van der Waals surface area (Å²) < 4.78 is 0. The van der Waals surface area contributed by atoms with Crippen molar-refractivity contribution in [2.45, 2.75) is 51.7 Å². The van der Waals surface area contributed by atoms with Gasteiger partial charge in [0.15, 0.2) is 0 Å². The van der Waals surface area contributed by atoms with E-state index in [1.807, 2.05) is 0 Å². The third kappa shape index (κ3) is 3.12. The third-order valence-electron chi connectivity index (χ3n) is 4.33. The molecule has 1 fully saturated rings. The standard InChI is InChI=1S/C16H26N2/c1-13-8-4-5-9-15(13)12-18-11-7-6-10-16(18)14(2)17-3/h4-5,8-9,14,16-17H,6-7,10-12H2,1-3H3. The van der Waals surface area contributed by atoms with E-state index in [-0.39, 0.29) is 0 Å². The Bertz CT molecular complexity index is 375. The molecule has 0 saturated carbocycles. The van der Waals surface area contributed by atoms with E-state index in [0.29, 0.717) is 12.1 Å². The zero-order chi connectivity index (χ0) is 13.0. The summed E-state index contributed by atoms with van der Waals surface area (Å²) in [4.78, 5) is 2.66. The molecule has 0 aromatic heterocycles. The molecule has 1 aliphatic rings. The van der Waals surface area contributed by atoms with Crippen LogP contribution >= 0.6 is 0 Å². The smallest absolute Gasteiger partial charge is 0.0250 e. The van der Waals surface area contributed by atoms with E-state index in [0.717, 1.165) is 6.54 Å². The Hall–Kier alpha value is -0.860. The van der Waals surface area contributed by atoms with E-state index in [1.165, 1.54) is 36.9 Å². The van der Waals surface area contributed by atoms with E-state index in [4.69, 9.17) is 0 Å². The normalized spacial score (nSPS) is 22.9. The van der Waals surface area contributed by atoms with Crippen molar-refractivity contribution in [1.82, 2.24) is 10.2 Å². The summed E-state index contributed by atoms with van der Waals surface area (Å²) in [6.45, 7) is 6.87. The zero-order valence-corrected chi connectivity index (χ0v) is 11.9. The van der Waals surface area contributed by atoms with E-state index in [1.54, 1.807) is 0 Å². The van der Waals surface area contributed by atoms with Gasteiger partial charge in [-0.05, 0) is 51.4 Å². The minimum absolute atomic E-state index is 0.578. The molecular formula is C16H26N2. The SMILES string of the molecule is CNC(C)C1CCCCN1Cc1ccccc1C. The number of nitrogens with zero attached hydrogens (tertiary/aromatic N) is 1. The predicted octanol–water partition coefficient (Wildman–Crippen LogP) is 2.96. The molecule has 18 heavy (non-hydrogen) atoms. The van der Waals surface area contributed by atoms with Crippen molar-refractivity contribution in [2.24, 2.45) is 0 Å². The van der Waals surface area contributed by atoms with Gasteiger partial charge in [-0.1, -0.05) is 30.7 Å².